The second-order valence-electron chi connectivity index (χ2n) is 8.81. The number of aliphatic hydroxyl groups excluding tert-OH is 1. The first-order valence-corrected chi connectivity index (χ1v) is 13.4. The molecule has 0 unspecified atom stereocenters. The van der Waals surface area contributed by atoms with Gasteiger partial charge in [-0.1, -0.05) is 88.8 Å². The Bertz CT molecular complexity index is 866. The van der Waals surface area contributed by atoms with E-state index in [4.69, 9.17) is 5.11 Å². The Hall–Kier alpha value is -2.66. The van der Waals surface area contributed by atoms with Crippen LogP contribution in [-0.4, -0.2) is 37.9 Å². The maximum absolute atomic E-state index is 14.3. The molecule has 0 aliphatic carbocycles. The monoisotopic (exact) mass is 533 g/mol. The van der Waals surface area contributed by atoms with Gasteiger partial charge in [-0.15, -0.1) is 6.58 Å². The molecule has 0 amide bonds. The topological polar surface area (TPSA) is 49.7 Å². The number of benzene rings is 2. The predicted octanol–water partition coefficient (Wildman–Crippen LogP) is 9.34. The average Bonchev–Trinajstić information content (AvgIpc) is 2.93. The zero-order chi connectivity index (χ0) is 29.9. The van der Waals surface area contributed by atoms with E-state index in [1.54, 1.807) is 13.1 Å². The minimum Gasteiger partial charge on any atom is -0.400 e. The highest BCUT2D eigenvalue weighted by Gasteiger charge is 2.13. The van der Waals surface area contributed by atoms with Crippen molar-refractivity contribution in [2.45, 2.75) is 92.9 Å². The van der Waals surface area contributed by atoms with Crippen molar-refractivity contribution in [2.75, 3.05) is 21.3 Å². The molecule has 0 fully saturated rings. The van der Waals surface area contributed by atoms with Gasteiger partial charge in [-0.3, -0.25) is 14.2 Å². The molecule has 0 saturated heterocycles. The van der Waals surface area contributed by atoms with Crippen LogP contribution >= 0.6 is 0 Å². The van der Waals surface area contributed by atoms with Crippen molar-refractivity contribution >= 4 is 11.5 Å². The summed E-state index contributed by atoms with van der Waals surface area (Å²) < 4.78 is 23.8. The lowest BCUT2D eigenvalue weighted by atomic mass is 9.96. The van der Waals surface area contributed by atoms with Crippen molar-refractivity contribution in [2.24, 2.45) is 4.99 Å². The minimum absolute atomic E-state index is 0.123. The van der Waals surface area contributed by atoms with Gasteiger partial charge in [-0.05, 0) is 56.0 Å². The van der Waals surface area contributed by atoms with E-state index in [-0.39, 0.29) is 11.6 Å². The van der Waals surface area contributed by atoms with Gasteiger partial charge in [-0.25, -0.2) is 4.39 Å². The first kappa shape index (κ1) is 39.8. The molecule has 3 nitrogen and oxygen atoms in total. The van der Waals surface area contributed by atoms with E-state index in [9.17, 15) is 13.6 Å². The number of allylic oxidation sites excluding steroid dienone is 1. The largest absolute Gasteiger partial charge is 0.400 e. The molecular formula is C33H53F2NO2. The molecule has 38 heavy (non-hydrogen) atoms. The number of aryl methyl sites for hydroxylation is 1. The number of carbonyl (C=O) groups is 1. The van der Waals surface area contributed by atoms with Crippen molar-refractivity contribution in [1.82, 2.24) is 0 Å². The highest BCUT2D eigenvalue weighted by Crippen LogP contribution is 2.19. The van der Waals surface area contributed by atoms with Crippen LogP contribution in [0.4, 0.5) is 8.78 Å². The van der Waals surface area contributed by atoms with E-state index in [0.29, 0.717) is 31.1 Å². The molecule has 0 atom stereocenters. The maximum atomic E-state index is 14.3. The zero-order valence-corrected chi connectivity index (χ0v) is 25.5. The van der Waals surface area contributed by atoms with Gasteiger partial charge in [-0.2, -0.15) is 0 Å². The van der Waals surface area contributed by atoms with Crippen LogP contribution in [0.15, 0.2) is 59.6 Å². The maximum Gasteiger partial charge on any atom is 0.159 e. The van der Waals surface area contributed by atoms with E-state index >= 15 is 0 Å². The van der Waals surface area contributed by atoms with Crippen LogP contribution in [0, 0.1) is 12.7 Å². The van der Waals surface area contributed by atoms with Gasteiger partial charge >= 0.3 is 0 Å². The second kappa shape index (κ2) is 27.4. The van der Waals surface area contributed by atoms with Crippen LogP contribution in [0.5, 0.6) is 0 Å². The standard InChI is InChI=1S/C19H20FNO.C7H16.C5H10.CH3F.CH4O/c1-13-9-16(14(2)22)11-19(20)18(13)12-17(21-3)10-15-7-5-4-6-8-15;1-3-5-7-6-4-2;1-4-5(2)3;2*1-2/h4-9,11H,10,12H2,1-3H3;3-7H2,1-2H3;2,4H2,1,3H3;1H3;2H,1H3. The highest BCUT2D eigenvalue weighted by atomic mass is 19.1. The van der Waals surface area contributed by atoms with Gasteiger partial charge in [0.15, 0.2) is 5.78 Å². The molecular weight excluding hydrogens is 480 g/mol. The normalized spacial score (nSPS) is 9.74. The smallest absolute Gasteiger partial charge is 0.159 e. The van der Waals surface area contributed by atoms with Crippen LogP contribution in [0.1, 0.15) is 100 Å². The Morgan fingerprint density at radius 3 is 1.79 bits per heavy atom. The summed E-state index contributed by atoms with van der Waals surface area (Å²) in [6.45, 7) is 15.6. The van der Waals surface area contributed by atoms with Crippen molar-refractivity contribution in [3.8, 4) is 0 Å². The number of aliphatic imine (C=N–C) groups is 1. The molecule has 2 aromatic carbocycles. The lowest BCUT2D eigenvalue weighted by Gasteiger charge is -2.11. The van der Waals surface area contributed by atoms with Crippen molar-refractivity contribution in [3.05, 3.63) is 82.7 Å². The molecule has 0 aliphatic rings. The summed E-state index contributed by atoms with van der Waals surface area (Å²) in [5.41, 5.74) is 5.15. The number of rotatable bonds is 10. The number of carbonyl (C=O) groups excluding carboxylic acids is 1. The van der Waals surface area contributed by atoms with E-state index in [2.05, 4.69) is 32.3 Å². The van der Waals surface area contributed by atoms with Crippen molar-refractivity contribution in [3.63, 3.8) is 0 Å². The van der Waals surface area contributed by atoms with E-state index in [0.717, 1.165) is 30.4 Å². The first-order chi connectivity index (χ1) is 18.2. The molecule has 0 aromatic heterocycles. The number of hydrogen-bond acceptors (Lipinski definition) is 3. The summed E-state index contributed by atoms with van der Waals surface area (Å²) in [7, 11) is 3.23. The molecule has 5 heteroatoms. The molecule has 0 radical (unpaired) electrons. The SMILES string of the molecule is C=C(C)CC.CCCCCCC.CF.CN=C(Cc1ccccc1)Cc1c(C)cc(C(C)=O)cc1F.CO. The molecule has 0 bridgehead atoms. The summed E-state index contributed by atoms with van der Waals surface area (Å²) in [5.74, 6) is -0.457. The number of ketones is 1. The molecule has 0 aliphatic heterocycles. The lowest BCUT2D eigenvalue weighted by Crippen LogP contribution is -2.11. The molecule has 0 saturated carbocycles. The fourth-order valence-corrected chi connectivity index (χ4v) is 3.13. The minimum atomic E-state index is -0.334. The average molecular weight is 534 g/mol. The van der Waals surface area contributed by atoms with Crippen LogP contribution in [0.25, 0.3) is 0 Å². The second-order valence-corrected chi connectivity index (χ2v) is 8.81. The Morgan fingerprint density at radius 1 is 0.921 bits per heavy atom. The number of halogens is 2. The predicted molar refractivity (Wildman–Crippen MR) is 163 cm³/mol. The molecule has 0 heterocycles. The Balaban J connectivity index is -0.000000633. The molecule has 1 N–H and O–H groups in total. The summed E-state index contributed by atoms with van der Waals surface area (Å²) in [5, 5.41) is 7.00. The molecule has 216 valence electrons. The third kappa shape index (κ3) is 20.4. The summed E-state index contributed by atoms with van der Waals surface area (Å²) in [4.78, 5) is 15.7. The van der Waals surface area contributed by atoms with E-state index in [1.807, 2.05) is 44.2 Å². The number of unbranched alkanes of at least 4 members (excludes halogenated alkanes) is 4. The Kier molecular flexibility index (Phi) is 28.7. The van der Waals surface area contributed by atoms with Gasteiger partial charge < -0.3 is 5.11 Å². The number of nitrogens with zero attached hydrogens (tertiary/aromatic N) is 1. The third-order valence-corrected chi connectivity index (χ3v) is 5.58. The van der Waals surface area contributed by atoms with Crippen LogP contribution < -0.4 is 0 Å². The first-order valence-electron chi connectivity index (χ1n) is 13.4. The van der Waals surface area contributed by atoms with E-state index < -0.39 is 0 Å². The fourth-order valence-electron chi connectivity index (χ4n) is 3.13. The van der Waals surface area contributed by atoms with Crippen LogP contribution in [0.2, 0.25) is 0 Å². The van der Waals surface area contributed by atoms with E-state index in [1.165, 1.54) is 50.7 Å². The summed E-state index contributed by atoms with van der Waals surface area (Å²) >= 11 is 0. The number of Topliss-reactive ketones (excluding diaryl/α,β-unsaturated/α-hetero) is 1. The van der Waals surface area contributed by atoms with Gasteiger partial charge in [0, 0.05) is 38.3 Å². The number of aliphatic hydroxyl groups is 1. The Morgan fingerprint density at radius 2 is 1.42 bits per heavy atom. The van der Waals surface area contributed by atoms with Crippen LogP contribution in [-0.2, 0) is 12.8 Å². The molecule has 2 aromatic rings. The van der Waals surface area contributed by atoms with Crippen molar-refractivity contribution in [1.29, 1.82) is 0 Å². The number of alkyl halides is 1. The lowest BCUT2D eigenvalue weighted by molar-refractivity contribution is 0.101. The highest BCUT2D eigenvalue weighted by molar-refractivity contribution is 5.94. The van der Waals surface area contributed by atoms with Crippen LogP contribution in [0.3, 0.4) is 0 Å². The van der Waals surface area contributed by atoms with Crippen molar-refractivity contribution < 1.29 is 18.7 Å². The fraction of sp³-hybridized carbons (Fsp3) is 0.515. The third-order valence-electron chi connectivity index (χ3n) is 5.58. The Labute approximate surface area is 232 Å². The van der Waals surface area contributed by atoms with Gasteiger partial charge in [0.2, 0.25) is 0 Å². The summed E-state index contributed by atoms with van der Waals surface area (Å²) in [6.07, 6.45) is 9.28. The van der Waals surface area contributed by atoms with Gasteiger partial charge in [0.1, 0.15) is 5.82 Å². The van der Waals surface area contributed by atoms with Gasteiger partial charge in [0.25, 0.3) is 0 Å². The number of hydrogen-bond donors (Lipinski definition) is 1. The summed E-state index contributed by atoms with van der Waals surface area (Å²) in [6, 6.07) is 13.1. The molecule has 2 rings (SSSR count). The zero-order valence-electron chi connectivity index (χ0n) is 25.5. The quantitative estimate of drug-likeness (QED) is 0.143. The van der Waals surface area contributed by atoms with Gasteiger partial charge in [0.05, 0.1) is 7.18 Å². The molecule has 0 spiro atoms.